The van der Waals surface area contributed by atoms with Gasteiger partial charge in [0, 0.05) is 32.8 Å². The van der Waals surface area contributed by atoms with E-state index in [1.807, 2.05) is 0 Å². The number of piperazine rings is 1. The molecule has 0 aromatic carbocycles. The Kier molecular flexibility index (Phi) is 6.50. The van der Waals surface area contributed by atoms with Gasteiger partial charge in [0.05, 0.1) is 6.54 Å². The van der Waals surface area contributed by atoms with Crippen molar-refractivity contribution in [2.24, 2.45) is 0 Å². The largest absolute Gasteiger partial charge is 0.353 e. The topological polar surface area (TPSA) is 24.9 Å². The van der Waals surface area contributed by atoms with Gasteiger partial charge in [-0.05, 0) is 39.7 Å². The summed E-state index contributed by atoms with van der Waals surface area (Å²) in [5, 5.41) is 0. The van der Waals surface area contributed by atoms with E-state index in [2.05, 4.69) is 42.5 Å². The molecule has 0 bridgehead atoms. The predicted octanol–water partition coefficient (Wildman–Crippen LogP) is 1.95. The molecular weight excluding hydrogens is 264 g/mol. The molecule has 120 valence electrons. The zero-order chi connectivity index (χ0) is 15.1. The maximum atomic E-state index is 6.11. The Hall–Kier alpha value is -0.600. The number of rotatable bonds is 4. The summed E-state index contributed by atoms with van der Waals surface area (Å²) < 4.78 is 11.8. The van der Waals surface area contributed by atoms with Crippen molar-refractivity contribution in [1.29, 1.82) is 0 Å². The molecule has 0 saturated carbocycles. The SMILES string of the molecule is CC[C@](C)(C#CCN1CCN(C)CC1)O[C@H]1CCCCO1. The van der Waals surface area contributed by atoms with Crippen LogP contribution < -0.4 is 0 Å². The zero-order valence-corrected chi connectivity index (χ0v) is 13.9. The number of hydrogen-bond donors (Lipinski definition) is 0. The van der Waals surface area contributed by atoms with Crippen LogP contribution in [0, 0.1) is 11.8 Å². The Morgan fingerprint density at radius 1 is 1.24 bits per heavy atom. The minimum Gasteiger partial charge on any atom is -0.353 e. The van der Waals surface area contributed by atoms with Gasteiger partial charge in [-0.15, -0.1) is 0 Å². The highest BCUT2D eigenvalue weighted by Crippen LogP contribution is 2.22. The van der Waals surface area contributed by atoms with Crippen LogP contribution in [0.5, 0.6) is 0 Å². The van der Waals surface area contributed by atoms with Crippen LogP contribution in [0.25, 0.3) is 0 Å². The van der Waals surface area contributed by atoms with Crippen molar-refractivity contribution in [3.63, 3.8) is 0 Å². The molecule has 0 radical (unpaired) electrons. The van der Waals surface area contributed by atoms with E-state index in [1.165, 1.54) is 6.42 Å². The van der Waals surface area contributed by atoms with Gasteiger partial charge in [0.2, 0.25) is 0 Å². The summed E-state index contributed by atoms with van der Waals surface area (Å²) >= 11 is 0. The number of ether oxygens (including phenoxy) is 2. The molecule has 2 aliphatic rings. The maximum absolute atomic E-state index is 6.11. The first-order chi connectivity index (χ1) is 10.1. The average molecular weight is 294 g/mol. The third-order valence-corrected chi connectivity index (χ3v) is 4.46. The van der Waals surface area contributed by atoms with Gasteiger partial charge in [-0.2, -0.15) is 0 Å². The lowest BCUT2D eigenvalue weighted by Gasteiger charge is -2.32. The molecule has 0 spiro atoms. The summed E-state index contributed by atoms with van der Waals surface area (Å²) in [5.41, 5.74) is -0.380. The molecule has 2 heterocycles. The molecule has 4 heteroatoms. The van der Waals surface area contributed by atoms with Gasteiger partial charge in [0.1, 0.15) is 5.60 Å². The third-order valence-electron chi connectivity index (χ3n) is 4.46. The van der Waals surface area contributed by atoms with E-state index in [0.717, 1.165) is 58.6 Å². The van der Waals surface area contributed by atoms with E-state index in [9.17, 15) is 0 Å². The molecule has 0 aromatic heterocycles. The first-order valence-electron chi connectivity index (χ1n) is 8.32. The lowest BCUT2D eigenvalue weighted by molar-refractivity contribution is -0.204. The molecule has 0 N–H and O–H groups in total. The molecule has 4 nitrogen and oxygen atoms in total. The maximum Gasteiger partial charge on any atom is 0.159 e. The van der Waals surface area contributed by atoms with Crippen molar-refractivity contribution >= 4 is 0 Å². The first kappa shape index (κ1) is 16.8. The molecule has 0 amide bonds. The van der Waals surface area contributed by atoms with Gasteiger partial charge in [-0.25, -0.2) is 0 Å². The number of hydrogen-bond acceptors (Lipinski definition) is 4. The van der Waals surface area contributed by atoms with Crippen molar-refractivity contribution in [1.82, 2.24) is 9.80 Å². The van der Waals surface area contributed by atoms with Crippen molar-refractivity contribution < 1.29 is 9.47 Å². The lowest BCUT2D eigenvalue weighted by atomic mass is 10.0. The minimum atomic E-state index is -0.380. The zero-order valence-electron chi connectivity index (χ0n) is 13.9. The summed E-state index contributed by atoms with van der Waals surface area (Å²) in [5.74, 6) is 6.67. The second kappa shape index (κ2) is 8.14. The van der Waals surface area contributed by atoms with E-state index in [1.54, 1.807) is 0 Å². The molecule has 21 heavy (non-hydrogen) atoms. The highest BCUT2D eigenvalue weighted by atomic mass is 16.7. The fourth-order valence-electron chi connectivity index (χ4n) is 2.64. The van der Waals surface area contributed by atoms with Gasteiger partial charge < -0.3 is 14.4 Å². The Morgan fingerprint density at radius 3 is 2.62 bits per heavy atom. The molecule has 2 fully saturated rings. The second-order valence-corrected chi connectivity index (χ2v) is 6.38. The van der Waals surface area contributed by atoms with Crippen LogP contribution in [0.3, 0.4) is 0 Å². The Balaban J connectivity index is 1.81. The quantitative estimate of drug-likeness (QED) is 0.740. The smallest absolute Gasteiger partial charge is 0.159 e. The number of likely N-dealkylation sites (N-methyl/N-ethyl adjacent to an activating group) is 1. The normalized spacial score (nSPS) is 27.7. The van der Waals surface area contributed by atoms with Gasteiger partial charge in [-0.3, -0.25) is 4.90 Å². The van der Waals surface area contributed by atoms with E-state index in [-0.39, 0.29) is 11.9 Å². The molecule has 0 aromatic rings. The van der Waals surface area contributed by atoms with Gasteiger partial charge in [0.25, 0.3) is 0 Å². The van der Waals surface area contributed by atoms with Gasteiger partial charge in [0.15, 0.2) is 6.29 Å². The third kappa shape index (κ3) is 5.60. The van der Waals surface area contributed by atoms with Crippen molar-refractivity contribution in [3.05, 3.63) is 0 Å². The van der Waals surface area contributed by atoms with E-state index in [4.69, 9.17) is 9.47 Å². The standard InChI is InChI=1S/C17H30N2O2/c1-4-17(2,21-16-8-5-6-15-20-16)9-7-10-19-13-11-18(3)12-14-19/h16H,4-6,8,10-15H2,1-3H3/t16-,17+/m0/s1. The van der Waals surface area contributed by atoms with Crippen molar-refractivity contribution in [3.8, 4) is 11.8 Å². The van der Waals surface area contributed by atoms with Crippen LogP contribution in [-0.2, 0) is 9.47 Å². The highest BCUT2D eigenvalue weighted by Gasteiger charge is 2.26. The van der Waals surface area contributed by atoms with Crippen molar-refractivity contribution in [2.75, 3.05) is 46.4 Å². The monoisotopic (exact) mass is 294 g/mol. The summed E-state index contributed by atoms with van der Waals surface area (Å²) in [6.45, 7) is 10.4. The summed E-state index contributed by atoms with van der Waals surface area (Å²) in [6, 6.07) is 0. The van der Waals surface area contributed by atoms with E-state index >= 15 is 0 Å². The Bertz CT molecular complexity index is 363. The van der Waals surface area contributed by atoms with Crippen LogP contribution in [0.1, 0.15) is 39.5 Å². The first-order valence-corrected chi connectivity index (χ1v) is 8.32. The predicted molar refractivity (Wildman–Crippen MR) is 85.1 cm³/mol. The molecule has 0 unspecified atom stereocenters. The van der Waals surface area contributed by atoms with E-state index in [0.29, 0.717) is 0 Å². The fraction of sp³-hybridized carbons (Fsp3) is 0.882. The Morgan fingerprint density at radius 2 is 2.00 bits per heavy atom. The summed E-state index contributed by atoms with van der Waals surface area (Å²) in [6.07, 6.45) is 4.16. The Labute approximate surface area is 129 Å². The average Bonchev–Trinajstić information content (AvgIpc) is 2.50. The molecular formula is C17H30N2O2. The van der Waals surface area contributed by atoms with E-state index < -0.39 is 0 Å². The molecule has 2 rings (SSSR count). The minimum absolute atomic E-state index is 0.0679. The van der Waals surface area contributed by atoms with Crippen LogP contribution in [0.2, 0.25) is 0 Å². The van der Waals surface area contributed by atoms with Gasteiger partial charge in [-0.1, -0.05) is 18.8 Å². The van der Waals surface area contributed by atoms with Crippen LogP contribution in [-0.4, -0.2) is 68.1 Å². The molecule has 2 atom stereocenters. The highest BCUT2D eigenvalue weighted by molar-refractivity contribution is 5.14. The molecule has 0 aliphatic carbocycles. The van der Waals surface area contributed by atoms with Gasteiger partial charge >= 0.3 is 0 Å². The van der Waals surface area contributed by atoms with Crippen LogP contribution >= 0.6 is 0 Å². The van der Waals surface area contributed by atoms with Crippen molar-refractivity contribution in [2.45, 2.75) is 51.4 Å². The molecule has 2 saturated heterocycles. The fourth-order valence-corrected chi connectivity index (χ4v) is 2.64. The summed E-state index contributed by atoms with van der Waals surface area (Å²) in [7, 11) is 2.18. The summed E-state index contributed by atoms with van der Waals surface area (Å²) in [4.78, 5) is 4.78. The molecule has 2 aliphatic heterocycles. The van der Waals surface area contributed by atoms with Crippen LogP contribution in [0.15, 0.2) is 0 Å². The van der Waals surface area contributed by atoms with Crippen LogP contribution in [0.4, 0.5) is 0 Å². The second-order valence-electron chi connectivity index (χ2n) is 6.38. The number of nitrogens with zero attached hydrogens (tertiary/aromatic N) is 2. The lowest BCUT2D eigenvalue weighted by Crippen LogP contribution is -2.44.